The zero-order valence-corrected chi connectivity index (χ0v) is 13.4. The van der Waals surface area contributed by atoms with Crippen molar-refractivity contribution in [2.24, 2.45) is 0 Å². The Morgan fingerprint density at radius 2 is 2.14 bits per heavy atom. The molecule has 0 fully saturated rings. The van der Waals surface area contributed by atoms with Crippen LogP contribution in [-0.4, -0.2) is 16.1 Å². The number of amides is 1. The van der Waals surface area contributed by atoms with Gasteiger partial charge in [-0.15, -0.1) is 10.2 Å². The van der Waals surface area contributed by atoms with E-state index in [0.717, 1.165) is 23.4 Å². The summed E-state index contributed by atoms with van der Waals surface area (Å²) in [6.07, 6.45) is 3.28. The lowest BCUT2D eigenvalue weighted by atomic mass is 10.1. The molecule has 0 saturated heterocycles. The van der Waals surface area contributed by atoms with E-state index >= 15 is 0 Å². The van der Waals surface area contributed by atoms with Crippen LogP contribution in [0.15, 0.2) is 29.8 Å². The highest BCUT2D eigenvalue weighted by molar-refractivity contribution is 7.15. The first-order valence-electron chi connectivity index (χ1n) is 6.63. The molecule has 2 rings (SSSR count). The summed E-state index contributed by atoms with van der Waals surface area (Å²) in [4.78, 5) is 12.1. The molecule has 1 amide bonds. The van der Waals surface area contributed by atoms with Gasteiger partial charge in [-0.2, -0.15) is 5.26 Å². The van der Waals surface area contributed by atoms with Crippen LogP contribution in [0.4, 0.5) is 5.13 Å². The van der Waals surface area contributed by atoms with E-state index < -0.39 is 5.91 Å². The smallest absolute Gasteiger partial charge is 0.268 e. The molecule has 0 aliphatic heterocycles. The molecule has 0 radical (unpaired) electrons. The molecule has 0 aliphatic carbocycles. The molecule has 1 N–H and O–H groups in total. The number of benzene rings is 1. The van der Waals surface area contributed by atoms with E-state index in [4.69, 9.17) is 16.9 Å². The zero-order valence-electron chi connectivity index (χ0n) is 11.8. The Morgan fingerprint density at radius 3 is 2.77 bits per heavy atom. The molecule has 22 heavy (non-hydrogen) atoms. The predicted octanol–water partition coefficient (Wildman–Crippen LogP) is 3.69. The molecule has 0 atom stereocenters. The van der Waals surface area contributed by atoms with Gasteiger partial charge in [0.1, 0.15) is 16.6 Å². The Hall–Kier alpha value is -2.23. The van der Waals surface area contributed by atoms with Crippen LogP contribution in [0.2, 0.25) is 5.02 Å². The molecule has 0 spiro atoms. The lowest BCUT2D eigenvalue weighted by Gasteiger charge is -2.00. The number of aryl methyl sites for hydroxylation is 1. The molecule has 0 bridgehead atoms. The molecule has 1 aromatic heterocycles. The number of nitriles is 1. The Bertz CT molecular complexity index is 731. The third-order valence-electron chi connectivity index (χ3n) is 2.70. The van der Waals surface area contributed by atoms with E-state index in [1.54, 1.807) is 24.3 Å². The van der Waals surface area contributed by atoms with Crippen molar-refractivity contribution >= 4 is 40.1 Å². The number of nitrogens with one attached hydrogen (secondary N) is 1. The minimum absolute atomic E-state index is 0.00503. The van der Waals surface area contributed by atoms with Crippen LogP contribution < -0.4 is 5.32 Å². The minimum Gasteiger partial charge on any atom is -0.296 e. The van der Waals surface area contributed by atoms with Gasteiger partial charge in [-0.05, 0) is 30.2 Å². The highest BCUT2D eigenvalue weighted by Crippen LogP contribution is 2.18. The van der Waals surface area contributed by atoms with E-state index in [2.05, 4.69) is 15.5 Å². The van der Waals surface area contributed by atoms with Crippen molar-refractivity contribution in [2.75, 3.05) is 5.32 Å². The number of anilines is 1. The number of carbonyl (C=O) groups is 1. The second-order valence-electron chi connectivity index (χ2n) is 4.43. The summed E-state index contributed by atoms with van der Waals surface area (Å²) in [6.45, 7) is 2.04. The number of rotatable bonds is 5. The average Bonchev–Trinajstić information content (AvgIpc) is 2.94. The summed E-state index contributed by atoms with van der Waals surface area (Å²) in [5, 5.41) is 21.4. The largest absolute Gasteiger partial charge is 0.296 e. The van der Waals surface area contributed by atoms with Crippen molar-refractivity contribution in [1.29, 1.82) is 5.26 Å². The molecule has 5 nitrogen and oxygen atoms in total. The van der Waals surface area contributed by atoms with Gasteiger partial charge in [0, 0.05) is 11.4 Å². The van der Waals surface area contributed by atoms with Crippen molar-refractivity contribution < 1.29 is 4.79 Å². The second kappa shape index (κ2) is 7.69. The van der Waals surface area contributed by atoms with Crippen LogP contribution in [0.3, 0.4) is 0 Å². The fraction of sp³-hybridized carbons (Fsp3) is 0.200. The molecule has 1 heterocycles. The molecular weight excluding hydrogens is 320 g/mol. The van der Waals surface area contributed by atoms with Gasteiger partial charge in [0.15, 0.2) is 0 Å². The van der Waals surface area contributed by atoms with Gasteiger partial charge in [-0.25, -0.2) is 0 Å². The normalized spacial score (nSPS) is 11.0. The molecule has 112 valence electrons. The predicted molar refractivity (Wildman–Crippen MR) is 87.6 cm³/mol. The number of halogens is 1. The lowest BCUT2D eigenvalue weighted by molar-refractivity contribution is -0.112. The zero-order chi connectivity index (χ0) is 15.9. The first kappa shape index (κ1) is 16.1. The molecule has 0 unspecified atom stereocenters. The highest BCUT2D eigenvalue weighted by atomic mass is 35.5. The SMILES string of the molecule is CCCc1nnc(NC(=O)/C(C#N)=C\c2ccc(Cl)cc2)s1. The molecule has 7 heteroatoms. The summed E-state index contributed by atoms with van der Waals surface area (Å²) in [7, 11) is 0. The van der Waals surface area contributed by atoms with Crippen molar-refractivity contribution in [3.05, 3.63) is 45.4 Å². The van der Waals surface area contributed by atoms with Gasteiger partial charge in [-0.3, -0.25) is 10.1 Å². The number of nitrogens with zero attached hydrogens (tertiary/aromatic N) is 3. The van der Waals surface area contributed by atoms with Crippen LogP contribution >= 0.6 is 22.9 Å². The van der Waals surface area contributed by atoms with E-state index in [0.29, 0.717) is 10.2 Å². The van der Waals surface area contributed by atoms with Crippen molar-refractivity contribution in [2.45, 2.75) is 19.8 Å². The number of carbonyl (C=O) groups excluding carboxylic acids is 1. The molecule has 2 aromatic rings. The van der Waals surface area contributed by atoms with Gasteiger partial charge < -0.3 is 0 Å². The fourth-order valence-electron chi connectivity index (χ4n) is 1.66. The summed E-state index contributed by atoms with van der Waals surface area (Å²) in [5.74, 6) is -0.503. The van der Waals surface area contributed by atoms with Gasteiger partial charge >= 0.3 is 0 Å². The van der Waals surface area contributed by atoms with Gasteiger partial charge in [0.05, 0.1) is 0 Å². The summed E-state index contributed by atoms with van der Waals surface area (Å²) < 4.78 is 0. The quantitative estimate of drug-likeness (QED) is 0.669. The third-order valence-corrected chi connectivity index (χ3v) is 3.85. The lowest BCUT2D eigenvalue weighted by Crippen LogP contribution is -2.13. The van der Waals surface area contributed by atoms with Gasteiger partial charge in [-0.1, -0.05) is 42.0 Å². The van der Waals surface area contributed by atoms with Crippen LogP contribution in [0.5, 0.6) is 0 Å². The van der Waals surface area contributed by atoms with Crippen molar-refractivity contribution in [1.82, 2.24) is 10.2 Å². The van der Waals surface area contributed by atoms with Crippen LogP contribution in [0.1, 0.15) is 23.9 Å². The first-order chi connectivity index (χ1) is 10.6. The Morgan fingerprint density at radius 1 is 1.41 bits per heavy atom. The summed E-state index contributed by atoms with van der Waals surface area (Å²) in [6, 6.07) is 8.75. The topological polar surface area (TPSA) is 78.7 Å². The van der Waals surface area contributed by atoms with Crippen LogP contribution in [0, 0.1) is 11.3 Å². The Labute approximate surface area is 137 Å². The van der Waals surface area contributed by atoms with Crippen molar-refractivity contribution in [3.8, 4) is 6.07 Å². The number of hydrogen-bond acceptors (Lipinski definition) is 5. The van der Waals surface area contributed by atoms with Gasteiger partial charge in [0.25, 0.3) is 5.91 Å². The monoisotopic (exact) mass is 332 g/mol. The van der Waals surface area contributed by atoms with E-state index in [-0.39, 0.29) is 5.57 Å². The maximum Gasteiger partial charge on any atom is 0.268 e. The number of aromatic nitrogens is 2. The Kier molecular flexibility index (Phi) is 5.64. The third kappa shape index (κ3) is 4.38. The van der Waals surface area contributed by atoms with E-state index in [9.17, 15) is 4.79 Å². The maximum absolute atomic E-state index is 12.1. The van der Waals surface area contributed by atoms with E-state index in [1.165, 1.54) is 17.4 Å². The second-order valence-corrected chi connectivity index (χ2v) is 5.92. The fourth-order valence-corrected chi connectivity index (χ4v) is 2.62. The van der Waals surface area contributed by atoms with Crippen molar-refractivity contribution in [3.63, 3.8) is 0 Å². The Balaban J connectivity index is 2.11. The highest BCUT2D eigenvalue weighted by Gasteiger charge is 2.12. The van der Waals surface area contributed by atoms with E-state index in [1.807, 2.05) is 13.0 Å². The first-order valence-corrected chi connectivity index (χ1v) is 7.83. The van der Waals surface area contributed by atoms with Crippen LogP contribution in [0.25, 0.3) is 6.08 Å². The minimum atomic E-state index is -0.503. The standard InChI is InChI=1S/C15H13ClN4OS/c1-2-3-13-19-20-15(22-13)18-14(21)11(9-17)8-10-4-6-12(16)7-5-10/h4-8H,2-3H2,1H3,(H,18,20,21)/b11-8-. The molecular formula is C15H13ClN4OS. The number of hydrogen-bond donors (Lipinski definition) is 1. The van der Waals surface area contributed by atoms with Gasteiger partial charge in [0.2, 0.25) is 5.13 Å². The summed E-state index contributed by atoms with van der Waals surface area (Å²) in [5.41, 5.74) is 0.717. The summed E-state index contributed by atoms with van der Waals surface area (Å²) >= 11 is 7.11. The van der Waals surface area contributed by atoms with Crippen LogP contribution in [-0.2, 0) is 11.2 Å². The molecule has 1 aromatic carbocycles. The molecule has 0 aliphatic rings. The average molecular weight is 333 g/mol. The molecule has 0 saturated carbocycles. The maximum atomic E-state index is 12.1.